The minimum atomic E-state index is -0.929. The number of benzene rings is 1. The Morgan fingerprint density at radius 2 is 1.88 bits per heavy atom. The third kappa shape index (κ3) is 3.65. The first kappa shape index (κ1) is 17.3. The van der Waals surface area contributed by atoms with Crippen molar-refractivity contribution in [2.45, 2.75) is 18.4 Å². The van der Waals surface area contributed by atoms with E-state index in [1.165, 1.54) is 0 Å². The quantitative estimate of drug-likeness (QED) is 0.803. The number of carboxylic acid groups (broad SMARTS) is 1. The number of hydrogen-bond acceptors (Lipinski definition) is 6. The second-order valence-corrected chi connectivity index (χ2v) is 6.09. The van der Waals surface area contributed by atoms with Gasteiger partial charge in [-0.25, -0.2) is 4.98 Å². The zero-order valence-electron chi connectivity index (χ0n) is 12.9. The van der Waals surface area contributed by atoms with Gasteiger partial charge in [0.05, 0.1) is 12.0 Å². The van der Waals surface area contributed by atoms with Crippen LogP contribution in [-0.4, -0.2) is 21.8 Å². The Hall–Kier alpha value is -3.03. The fraction of sp³-hybridized carbons (Fsp3) is 0.176. The molecule has 2 aromatic rings. The summed E-state index contributed by atoms with van der Waals surface area (Å²) in [4.78, 5) is 14.8. The van der Waals surface area contributed by atoms with Gasteiger partial charge in [0.25, 0.3) is 0 Å². The van der Waals surface area contributed by atoms with Crippen molar-refractivity contribution in [1.82, 2.24) is 4.98 Å². The van der Waals surface area contributed by atoms with E-state index in [0.717, 1.165) is 17.3 Å². The zero-order chi connectivity index (χ0) is 17.7. The van der Waals surface area contributed by atoms with E-state index >= 15 is 0 Å². The molecule has 3 N–H and O–H groups in total. The van der Waals surface area contributed by atoms with Gasteiger partial charge in [0.2, 0.25) is 0 Å². The number of carboxylic acids is 1. The maximum atomic E-state index is 10.7. The summed E-state index contributed by atoms with van der Waals surface area (Å²) >= 11 is 1.14. The van der Waals surface area contributed by atoms with Crippen LogP contribution in [0.25, 0.3) is 11.1 Å². The van der Waals surface area contributed by atoms with Crippen molar-refractivity contribution in [3.8, 4) is 23.3 Å². The van der Waals surface area contributed by atoms with Crippen LogP contribution in [0.3, 0.4) is 0 Å². The molecule has 0 aliphatic heterocycles. The van der Waals surface area contributed by atoms with E-state index in [0.29, 0.717) is 16.2 Å². The molecule has 0 saturated carbocycles. The molecule has 1 aromatic heterocycles. The van der Waals surface area contributed by atoms with Gasteiger partial charge in [0.15, 0.2) is 0 Å². The minimum absolute atomic E-state index is 0.0323. The summed E-state index contributed by atoms with van der Waals surface area (Å²) in [5.74, 6) is -0.637. The van der Waals surface area contributed by atoms with E-state index in [2.05, 4.69) is 11.1 Å². The predicted molar refractivity (Wildman–Crippen MR) is 91.2 cm³/mol. The van der Waals surface area contributed by atoms with Crippen LogP contribution in [0.2, 0.25) is 0 Å². The highest BCUT2D eigenvalue weighted by atomic mass is 32.2. The van der Waals surface area contributed by atoms with Gasteiger partial charge in [-0.05, 0) is 12.5 Å². The molecular weight excluding hydrogens is 324 g/mol. The average molecular weight is 338 g/mol. The lowest BCUT2D eigenvalue weighted by Gasteiger charge is -2.13. The number of pyridine rings is 1. The predicted octanol–water partition coefficient (Wildman–Crippen LogP) is 2.95. The number of thioether (sulfide) groups is 1. The van der Waals surface area contributed by atoms with Crippen molar-refractivity contribution < 1.29 is 9.90 Å². The molecule has 1 heterocycles. The van der Waals surface area contributed by atoms with Crippen LogP contribution in [0.5, 0.6) is 0 Å². The number of rotatable bonds is 5. The van der Waals surface area contributed by atoms with E-state index < -0.39 is 5.97 Å². The number of anilines is 1. The van der Waals surface area contributed by atoms with Crippen LogP contribution in [0.4, 0.5) is 5.82 Å². The van der Waals surface area contributed by atoms with Crippen LogP contribution in [0.15, 0.2) is 29.3 Å². The molecule has 0 fully saturated rings. The molecule has 6 nitrogen and oxygen atoms in total. The SMILES string of the molecule is Cc1ccc(-c2c(C#N)c(N)nc(SCCC(=O)O)c2C#N)cc1. The first-order chi connectivity index (χ1) is 11.5. The maximum Gasteiger partial charge on any atom is 0.304 e. The highest BCUT2D eigenvalue weighted by Gasteiger charge is 2.20. The topological polar surface area (TPSA) is 124 Å². The van der Waals surface area contributed by atoms with Crippen LogP contribution >= 0.6 is 11.8 Å². The van der Waals surface area contributed by atoms with Gasteiger partial charge in [-0.2, -0.15) is 10.5 Å². The molecule has 0 amide bonds. The summed E-state index contributed by atoms with van der Waals surface area (Å²) in [5, 5.41) is 28.1. The molecule has 0 atom stereocenters. The second kappa shape index (κ2) is 7.49. The first-order valence-electron chi connectivity index (χ1n) is 7.03. The lowest BCUT2D eigenvalue weighted by molar-refractivity contribution is -0.136. The average Bonchev–Trinajstić information content (AvgIpc) is 2.54. The summed E-state index contributed by atoms with van der Waals surface area (Å²) in [6, 6.07) is 11.5. The summed E-state index contributed by atoms with van der Waals surface area (Å²) < 4.78 is 0. The van der Waals surface area contributed by atoms with E-state index in [1.807, 2.05) is 37.3 Å². The third-order valence-electron chi connectivity index (χ3n) is 3.31. The Balaban J connectivity index is 2.60. The number of aryl methyl sites for hydroxylation is 1. The minimum Gasteiger partial charge on any atom is -0.481 e. The molecule has 1 aromatic carbocycles. The van der Waals surface area contributed by atoms with E-state index in [1.54, 1.807) is 0 Å². The van der Waals surface area contributed by atoms with Crippen molar-refractivity contribution in [2.24, 2.45) is 0 Å². The first-order valence-corrected chi connectivity index (χ1v) is 8.01. The van der Waals surface area contributed by atoms with Crippen molar-refractivity contribution in [1.29, 1.82) is 10.5 Å². The Labute approximate surface area is 143 Å². The molecule has 0 bridgehead atoms. The number of carbonyl (C=O) groups is 1. The monoisotopic (exact) mass is 338 g/mol. The van der Waals surface area contributed by atoms with Crippen molar-refractivity contribution in [3.63, 3.8) is 0 Å². The normalized spacial score (nSPS) is 9.96. The number of nitrogens with zero attached hydrogens (tertiary/aromatic N) is 3. The molecule has 0 aliphatic rings. The standard InChI is InChI=1S/C17H14N4O2S/c1-10-2-4-11(5-3-10)15-12(8-18)16(20)21-17(13(15)9-19)24-7-6-14(22)23/h2-5H,6-7H2,1H3,(H2,20,21)(H,22,23). The van der Waals surface area contributed by atoms with Gasteiger partial charge in [-0.15, -0.1) is 11.8 Å². The van der Waals surface area contributed by atoms with Crippen LogP contribution in [-0.2, 0) is 4.79 Å². The van der Waals surface area contributed by atoms with Gasteiger partial charge in [-0.1, -0.05) is 29.8 Å². The highest BCUT2D eigenvalue weighted by Crippen LogP contribution is 2.35. The van der Waals surface area contributed by atoms with Crippen molar-refractivity contribution >= 4 is 23.5 Å². The van der Waals surface area contributed by atoms with Gasteiger partial charge in [-0.3, -0.25) is 4.79 Å². The second-order valence-electron chi connectivity index (χ2n) is 5.01. The molecule has 0 aliphatic carbocycles. The van der Waals surface area contributed by atoms with Crippen LogP contribution < -0.4 is 5.73 Å². The number of nitrogen functional groups attached to an aromatic ring is 1. The van der Waals surface area contributed by atoms with Gasteiger partial charge >= 0.3 is 5.97 Å². The fourth-order valence-electron chi connectivity index (χ4n) is 2.15. The molecule has 7 heteroatoms. The smallest absolute Gasteiger partial charge is 0.304 e. The number of hydrogen-bond donors (Lipinski definition) is 2. The lowest BCUT2D eigenvalue weighted by atomic mass is 9.96. The fourth-order valence-corrected chi connectivity index (χ4v) is 3.07. The number of nitriles is 2. The highest BCUT2D eigenvalue weighted by molar-refractivity contribution is 7.99. The summed E-state index contributed by atoms with van der Waals surface area (Å²) in [6.45, 7) is 1.94. The summed E-state index contributed by atoms with van der Waals surface area (Å²) in [6.07, 6.45) is -0.0585. The molecule has 24 heavy (non-hydrogen) atoms. The molecule has 2 rings (SSSR count). The molecule has 0 radical (unpaired) electrons. The van der Waals surface area contributed by atoms with Crippen molar-refractivity contribution in [2.75, 3.05) is 11.5 Å². The Bertz CT molecular complexity index is 864. The Morgan fingerprint density at radius 3 is 2.42 bits per heavy atom. The summed E-state index contributed by atoms with van der Waals surface area (Å²) in [5.41, 5.74) is 8.45. The molecular formula is C17H14N4O2S. The number of aliphatic carboxylic acids is 1. The summed E-state index contributed by atoms with van der Waals surface area (Å²) in [7, 11) is 0. The molecule has 0 unspecified atom stereocenters. The maximum absolute atomic E-state index is 10.7. The van der Waals surface area contributed by atoms with Crippen molar-refractivity contribution in [3.05, 3.63) is 41.0 Å². The number of aromatic nitrogens is 1. The van der Waals surface area contributed by atoms with Crippen LogP contribution in [0.1, 0.15) is 23.1 Å². The van der Waals surface area contributed by atoms with E-state index in [4.69, 9.17) is 10.8 Å². The van der Waals surface area contributed by atoms with Gasteiger partial charge in [0.1, 0.15) is 28.5 Å². The molecule has 0 spiro atoms. The van der Waals surface area contributed by atoms with Gasteiger partial charge < -0.3 is 10.8 Å². The van der Waals surface area contributed by atoms with Crippen LogP contribution in [0, 0.1) is 29.6 Å². The Kier molecular flexibility index (Phi) is 5.41. The van der Waals surface area contributed by atoms with Gasteiger partial charge in [0, 0.05) is 11.3 Å². The third-order valence-corrected chi connectivity index (χ3v) is 4.29. The number of nitrogens with two attached hydrogens (primary N) is 1. The zero-order valence-corrected chi connectivity index (χ0v) is 13.7. The largest absolute Gasteiger partial charge is 0.481 e. The Morgan fingerprint density at radius 1 is 1.25 bits per heavy atom. The van der Waals surface area contributed by atoms with E-state index in [9.17, 15) is 15.3 Å². The molecule has 0 saturated heterocycles. The lowest BCUT2D eigenvalue weighted by Crippen LogP contribution is -2.04. The van der Waals surface area contributed by atoms with E-state index in [-0.39, 0.29) is 29.1 Å². The molecule has 120 valence electrons.